The highest BCUT2D eigenvalue weighted by Crippen LogP contribution is 2.08. The topological polar surface area (TPSA) is 60.4 Å². The summed E-state index contributed by atoms with van der Waals surface area (Å²) in [5.74, 6) is 2.16. The highest BCUT2D eigenvalue weighted by Gasteiger charge is 2.05. The maximum absolute atomic E-state index is 5.47. The summed E-state index contributed by atoms with van der Waals surface area (Å²) in [6, 6.07) is 5.63. The second-order valence-electron chi connectivity index (χ2n) is 4.88. The number of hydrogen-bond acceptors (Lipinski definition) is 5. The smallest absolute Gasteiger partial charge is 0.162 e. The minimum absolute atomic E-state index is 0.401. The number of nitrogens with one attached hydrogen (secondary N) is 1. The summed E-state index contributed by atoms with van der Waals surface area (Å²) < 4.78 is 15.8. The van der Waals surface area contributed by atoms with Crippen LogP contribution in [-0.2, 0) is 24.5 Å². The van der Waals surface area contributed by atoms with E-state index in [-0.39, 0.29) is 0 Å². The van der Waals surface area contributed by atoms with E-state index in [2.05, 4.69) is 24.3 Å². The zero-order valence-corrected chi connectivity index (χ0v) is 11.4. The van der Waals surface area contributed by atoms with Crippen molar-refractivity contribution in [1.29, 1.82) is 0 Å². The van der Waals surface area contributed by atoms with Gasteiger partial charge in [0.1, 0.15) is 19.0 Å². The molecule has 2 aromatic rings. The molecule has 0 aliphatic carbocycles. The fraction of sp³-hybridized carbons (Fsp3) is 0.500. The fourth-order valence-electron chi connectivity index (χ4n) is 1.64. The fourth-order valence-corrected chi connectivity index (χ4v) is 1.64. The SMILES string of the molecule is CC(C)CNCc1cc(COCc2ccco2)on1. The number of aromatic nitrogens is 1. The summed E-state index contributed by atoms with van der Waals surface area (Å²) >= 11 is 0. The Kier molecular flexibility index (Phi) is 5.18. The van der Waals surface area contributed by atoms with Gasteiger partial charge >= 0.3 is 0 Å². The Morgan fingerprint density at radius 2 is 2.16 bits per heavy atom. The molecule has 5 heteroatoms. The number of rotatable bonds is 8. The van der Waals surface area contributed by atoms with Gasteiger partial charge in [0.2, 0.25) is 0 Å². The van der Waals surface area contributed by atoms with Crippen LogP contribution in [0, 0.1) is 5.92 Å². The zero-order valence-electron chi connectivity index (χ0n) is 11.4. The molecule has 0 amide bonds. The molecule has 0 fully saturated rings. The van der Waals surface area contributed by atoms with Crippen molar-refractivity contribution in [3.05, 3.63) is 41.7 Å². The van der Waals surface area contributed by atoms with E-state index in [4.69, 9.17) is 13.7 Å². The van der Waals surface area contributed by atoms with E-state index in [9.17, 15) is 0 Å². The standard InChI is InChI=1S/C14H20N2O3/c1-11(2)7-15-8-12-6-14(19-16-12)10-17-9-13-4-3-5-18-13/h3-6,11,15H,7-10H2,1-2H3. The Labute approximate surface area is 112 Å². The highest BCUT2D eigenvalue weighted by atomic mass is 16.5. The average Bonchev–Trinajstić information content (AvgIpc) is 3.00. The lowest BCUT2D eigenvalue weighted by molar-refractivity contribution is 0.0763. The van der Waals surface area contributed by atoms with Crippen LogP contribution >= 0.6 is 0 Å². The number of nitrogens with zero attached hydrogens (tertiary/aromatic N) is 1. The van der Waals surface area contributed by atoms with Crippen LogP contribution in [0.1, 0.15) is 31.1 Å². The van der Waals surface area contributed by atoms with Gasteiger partial charge in [0.05, 0.1) is 12.0 Å². The van der Waals surface area contributed by atoms with Crippen LogP contribution in [0.5, 0.6) is 0 Å². The van der Waals surface area contributed by atoms with Crippen molar-refractivity contribution in [2.45, 2.75) is 33.6 Å². The third-order valence-electron chi connectivity index (χ3n) is 2.54. The molecular weight excluding hydrogens is 244 g/mol. The van der Waals surface area contributed by atoms with E-state index < -0.39 is 0 Å². The quantitative estimate of drug-likeness (QED) is 0.794. The van der Waals surface area contributed by atoms with Gasteiger partial charge in [0.25, 0.3) is 0 Å². The first-order chi connectivity index (χ1) is 9.24. The van der Waals surface area contributed by atoms with Gasteiger partial charge in [-0.3, -0.25) is 0 Å². The molecule has 19 heavy (non-hydrogen) atoms. The summed E-state index contributed by atoms with van der Waals surface area (Å²) in [7, 11) is 0. The van der Waals surface area contributed by atoms with Gasteiger partial charge in [-0.1, -0.05) is 19.0 Å². The molecule has 0 aliphatic rings. The molecule has 0 bridgehead atoms. The summed E-state index contributed by atoms with van der Waals surface area (Å²) in [6.45, 7) is 6.87. The van der Waals surface area contributed by atoms with Gasteiger partial charge in [-0.2, -0.15) is 0 Å². The largest absolute Gasteiger partial charge is 0.467 e. The summed E-state index contributed by atoms with van der Waals surface area (Å²) in [4.78, 5) is 0. The molecule has 2 rings (SSSR count). The molecule has 0 aliphatic heterocycles. The number of hydrogen-bond donors (Lipinski definition) is 1. The van der Waals surface area contributed by atoms with Crippen molar-refractivity contribution in [2.24, 2.45) is 5.92 Å². The van der Waals surface area contributed by atoms with Crippen LogP contribution in [0.4, 0.5) is 0 Å². The Hall–Kier alpha value is -1.59. The molecule has 0 radical (unpaired) electrons. The Morgan fingerprint density at radius 1 is 1.32 bits per heavy atom. The molecule has 0 saturated carbocycles. The molecule has 104 valence electrons. The first-order valence-electron chi connectivity index (χ1n) is 6.49. The van der Waals surface area contributed by atoms with E-state index >= 15 is 0 Å². The number of ether oxygens (including phenoxy) is 1. The predicted molar refractivity (Wildman–Crippen MR) is 70.2 cm³/mol. The maximum atomic E-state index is 5.47. The Morgan fingerprint density at radius 3 is 2.89 bits per heavy atom. The van der Waals surface area contributed by atoms with Gasteiger partial charge in [-0.15, -0.1) is 0 Å². The molecule has 5 nitrogen and oxygen atoms in total. The molecule has 2 aromatic heterocycles. The minimum Gasteiger partial charge on any atom is -0.467 e. The number of furan rings is 1. The lowest BCUT2D eigenvalue weighted by Crippen LogP contribution is -2.19. The van der Waals surface area contributed by atoms with Crippen LogP contribution in [-0.4, -0.2) is 11.7 Å². The molecule has 0 saturated heterocycles. The molecule has 0 aromatic carbocycles. The first-order valence-corrected chi connectivity index (χ1v) is 6.49. The van der Waals surface area contributed by atoms with Crippen LogP contribution in [0.15, 0.2) is 33.4 Å². The third-order valence-corrected chi connectivity index (χ3v) is 2.54. The van der Waals surface area contributed by atoms with E-state index in [1.807, 2.05) is 18.2 Å². The molecule has 0 unspecified atom stereocenters. The van der Waals surface area contributed by atoms with Gasteiger partial charge in [0.15, 0.2) is 5.76 Å². The lowest BCUT2D eigenvalue weighted by atomic mass is 10.2. The monoisotopic (exact) mass is 264 g/mol. The van der Waals surface area contributed by atoms with Gasteiger partial charge in [0, 0.05) is 12.6 Å². The van der Waals surface area contributed by atoms with Crippen molar-refractivity contribution < 1.29 is 13.7 Å². The van der Waals surface area contributed by atoms with Gasteiger partial charge < -0.3 is 19.0 Å². The molecule has 0 spiro atoms. The molecule has 1 N–H and O–H groups in total. The normalized spacial score (nSPS) is 11.3. The average molecular weight is 264 g/mol. The van der Waals surface area contributed by atoms with E-state index in [1.165, 1.54) is 0 Å². The summed E-state index contributed by atoms with van der Waals surface area (Å²) in [5, 5.41) is 7.30. The second-order valence-corrected chi connectivity index (χ2v) is 4.88. The van der Waals surface area contributed by atoms with Crippen molar-refractivity contribution in [3.8, 4) is 0 Å². The minimum atomic E-state index is 0.401. The van der Waals surface area contributed by atoms with Gasteiger partial charge in [-0.05, 0) is 24.6 Å². The third kappa shape index (κ3) is 4.89. The summed E-state index contributed by atoms with van der Waals surface area (Å²) in [6.07, 6.45) is 1.63. The summed E-state index contributed by atoms with van der Waals surface area (Å²) in [5.41, 5.74) is 0.900. The molecular formula is C14H20N2O3. The lowest BCUT2D eigenvalue weighted by Gasteiger charge is -2.04. The van der Waals surface area contributed by atoms with E-state index in [0.717, 1.165) is 30.3 Å². The maximum Gasteiger partial charge on any atom is 0.162 e. The first kappa shape index (κ1) is 13.8. The second kappa shape index (κ2) is 7.11. The van der Waals surface area contributed by atoms with Crippen LogP contribution in [0.25, 0.3) is 0 Å². The van der Waals surface area contributed by atoms with Crippen LogP contribution in [0.2, 0.25) is 0 Å². The zero-order chi connectivity index (χ0) is 13.5. The van der Waals surface area contributed by atoms with Crippen LogP contribution in [0.3, 0.4) is 0 Å². The Bertz CT molecular complexity index is 463. The van der Waals surface area contributed by atoms with E-state index in [0.29, 0.717) is 19.1 Å². The van der Waals surface area contributed by atoms with Crippen molar-refractivity contribution >= 4 is 0 Å². The van der Waals surface area contributed by atoms with Crippen LogP contribution < -0.4 is 5.32 Å². The van der Waals surface area contributed by atoms with Gasteiger partial charge in [-0.25, -0.2) is 0 Å². The van der Waals surface area contributed by atoms with Crippen molar-refractivity contribution in [1.82, 2.24) is 10.5 Å². The highest BCUT2D eigenvalue weighted by molar-refractivity contribution is 5.04. The van der Waals surface area contributed by atoms with Crippen molar-refractivity contribution in [2.75, 3.05) is 6.54 Å². The predicted octanol–water partition coefficient (Wildman–Crippen LogP) is 2.73. The van der Waals surface area contributed by atoms with E-state index in [1.54, 1.807) is 6.26 Å². The van der Waals surface area contributed by atoms with Crippen molar-refractivity contribution in [3.63, 3.8) is 0 Å². The Balaban J connectivity index is 1.68. The molecule has 0 atom stereocenters. The molecule has 2 heterocycles.